The fourth-order valence-electron chi connectivity index (χ4n) is 2.44. The van der Waals surface area contributed by atoms with E-state index in [0.29, 0.717) is 19.0 Å². The van der Waals surface area contributed by atoms with Crippen LogP contribution in [0.15, 0.2) is 40.6 Å². The highest BCUT2D eigenvalue weighted by Gasteiger charge is 2.33. The van der Waals surface area contributed by atoms with Crippen LogP contribution in [0.4, 0.5) is 0 Å². The predicted molar refractivity (Wildman–Crippen MR) is 70.9 cm³/mol. The third kappa shape index (κ3) is 3.01. The van der Waals surface area contributed by atoms with Crippen LogP contribution in [-0.4, -0.2) is 30.4 Å². The third-order valence-electron chi connectivity index (χ3n) is 3.37. The molecule has 4 nitrogen and oxygen atoms in total. The molecule has 0 bridgehead atoms. The van der Waals surface area contributed by atoms with Crippen LogP contribution in [0, 0.1) is 16.7 Å². The van der Waals surface area contributed by atoms with Gasteiger partial charge in [-0.05, 0) is 18.4 Å². The van der Waals surface area contributed by atoms with Crippen LogP contribution in [0.1, 0.15) is 13.8 Å². The van der Waals surface area contributed by atoms with Crippen molar-refractivity contribution in [1.29, 1.82) is 0 Å². The average molecular weight is 246 g/mol. The fraction of sp³-hybridized carbons (Fsp3) is 0.500. The molecular formula is C14H18N2O2. The molecule has 1 aliphatic carbocycles. The van der Waals surface area contributed by atoms with Crippen LogP contribution >= 0.6 is 0 Å². The zero-order chi connectivity index (χ0) is 13.1. The van der Waals surface area contributed by atoms with Gasteiger partial charge in [-0.1, -0.05) is 36.8 Å². The Morgan fingerprint density at radius 1 is 1.39 bits per heavy atom. The van der Waals surface area contributed by atoms with Gasteiger partial charge in [0.25, 0.3) is 5.91 Å². The lowest BCUT2D eigenvalue weighted by Gasteiger charge is -2.37. The van der Waals surface area contributed by atoms with Crippen LogP contribution in [0.5, 0.6) is 0 Å². The minimum atomic E-state index is -0.512. The molecule has 0 aromatic heterocycles. The summed E-state index contributed by atoms with van der Waals surface area (Å²) in [6.45, 7) is 6.39. The minimum absolute atomic E-state index is 0.185. The molecule has 1 atom stereocenters. The molecule has 2 rings (SSSR count). The molecule has 1 unspecified atom stereocenters. The monoisotopic (exact) mass is 246 g/mol. The van der Waals surface area contributed by atoms with Gasteiger partial charge in [-0.2, -0.15) is 0 Å². The van der Waals surface area contributed by atoms with Crippen molar-refractivity contribution in [2.45, 2.75) is 13.8 Å². The van der Waals surface area contributed by atoms with Crippen LogP contribution < -0.4 is 0 Å². The van der Waals surface area contributed by atoms with Crippen molar-refractivity contribution in [3.8, 4) is 0 Å². The number of hydrogen-bond donors (Lipinski definition) is 0. The Hall–Kier alpha value is -1.55. The van der Waals surface area contributed by atoms with Gasteiger partial charge in [0.05, 0.1) is 5.92 Å². The summed E-state index contributed by atoms with van der Waals surface area (Å²) < 4.78 is 0. The molecule has 1 amide bonds. The molecule has 1 heterocycles. The number of allylic oxidation sites excluding steroid dienone is 4. The van der Waals surface area contributed by atoms with E-state index >= 15 is 0 Å². The number of rotatable bonds is 3. The zero-order valence-electron chi connectivity index (χ0n) is 10.8. The molecule has 1 fully saturated rings. The van der Waals surface area contributed by atoms with Crippen LogP contribution in [-0.2, 0) is 4.79 Å². The van der Waals surface area contributed by atoms with Gasteiger partial charge >= 0.3 is 0 Å². The Morgan fingerprint density at radius 3 is 2.78 bits per heavy atom. The van der Waals surface area contributed by atoms with Crippen molar-refractivity contribution in [3.05, 3.63) is 40.4 Å². The van der Waals surface area contributed by atoms with E-state index in [4.69, 9.17) is 0 Å². The van der Waals surface area contributed by atoms with E-state index in [0.717, 1.165) is 6.54 Å². The number of amides is 1. The molecule has 0 radical (unpaired) electrons. The summed E-state index contributed by atoms with van der Waals surface area (Å²) in [5, 5.41) is 2.48. The average Bonchev–Trinajstić information content (AvgIpc) is 2.43. The maximum Gasteiger partial charge on any atom is 0.291 e. The Labute approximate surface area is 107 Å². The van der Waals surface area contributed by atoms with Crippen molar-refractivity contribution in [1.82, 2.24) is 4.90 Å². The van der Waals surface area contributed by atoms with Gasteiger partial charge in [0, 0.05) is 24.8 Å². The van der Waals surface area contributed by atoms with Crippen molar-refractivity contribution in [3.63, 3.8) is 0 Å². The minimum Gasteiger partial charge on any atom is -0.297 e. The molecular weight excluding hydrogens is 228 g/mol. The number of carbonyl (C=O) groups excluding carboxylic acids is 1. The van der Waals surface area contributed by atoms with E-state index in [1.165, 1.54) is 11.1 Å². The van der Waals surface area contributed by atoms with E-state index in [9.17, 15) is 9.70 Å². The van der Waals surface area contributed by atoms with Gasteiger partial charge in [-0.15, -0.1) is 4.91 Å². The van der Waals surface area contributed by atoms with E-state index < -0.39 is 5.91 Å². The normalized spacial score (nSPS) is 24.9. The van der Waals surface area contributed by atoms with Gasteiger partial charge in [0.2, 0.25) is 0 Å². The molecule has 0 aromatic carbocycles. The number of hydrogen-bond acceptors (Lipinski definition) is 3. The number of nitroso groups, excluding NO2 is 1. The van der Waals surface area contributed by atoms with Crippen molar-refractivity contribution in [2.75, 3.05) is 19.6 Å². The lowest BCUT2D eigenvalue weighted by Crippen LogP contribution is -2.50. The van der Waals surface area contributed by atoms with Gasteiger partial charge in [-0.25, -0.2) is 0 Å². The van der Waals surface area contributed by atoms with E-state index in [1.807, 2.05) is 0 Å². The predicted octanol–water partition coefficient (Wildman–Crippen LogP) is 2.29. The number of likely N-dealkylation sites (tertiary alicyclic amines) is 1. The maximum absolute atomic E-state index is 11.0. The first-order chi connectivity index (χ1) is 8.58. The number of carbonyl (C=O) groups is 1. The molecule has 18 heavy (non-hydrogen) atoms. The summed E-state index contributed by atoms with van der Waals surface area (Å²) in [6.07, 6.45) is 8.70. The summed E-state index contributed by atoms with van der Waals surface area (Å²) in [7, 11) is 0. The first kappa shape index (κ1) is 12.9. The Bertz CT molecular complexity index is 443. The first-order valence-electron chi connectivity index (χ1n) is 6.25. The zero-order valence-corrected chi connectivity index (χ0v) is 10.8. The molecule has 1 saturated heterocycles. The van der Waals surface area contributed by atoms with Gasteiger partial charge in [0.15, 0.2) is 0 Å². The topological polar surface area (TPSA) is 49.7 Å². The Morgan fingerprint density at radius 2 is 2.11 bits per heavy atom. The first-order valence-corrected chi connectivity index (χ1v) is 6.25. The molecule has 1 aliphatic heterocycles. The summed E-state index contributed by atoms with van der Waals surface area (Å²) in [6, 6.07) is 0. The summed E-state index contributed by atoms with van der Waals surface area (Å²) >= 11 is 0. The standard InChI is InChI=1S/C14H18N2O2/c1-10-3-4-12(6-11(2)5-10)7-16-8-13(9-16)14(17)15-18/h3-6,11,13H,7-9H2,1-2H3. The second-order valence-corrected chi connectivity index (χ2v) is 5.17. The van der Waals surface area contributed by atoms with Crippen LogP contribution in [0.3, 0.4) is 0 Å². The highest BCUT2D eigenvalue weighted by atomic mass is 16.3. The quantitative estimate of drug-likeness (QED) is 0.718. The SMILES string of the molecule is CC1=CC(C)C=C(CN2CC(C(=O)N=O)C2)C=C1. The summed E-state index contributed by atoms with van der Waals surface area (Å²) in [5.74, 6) is -0.261. The van der Waals surface area contributed by atoms with Crippen LogP contribution in [0.2, 0.25) is 0 Å². The molecule has 0 saturated carbocycles. The summed E-state index contributed by atoms with van der Waals surface area (Å²) in [4.78, 5) is 23.3. The second kappa shape index (κ2) is 5.40. The lowest BCUT2D eigenvalue weighted by molar-refractivity contribution is -0.126. The molecule has 2 aliphatic rings. The molecule has 96 valence electrons. The van der Waals surface area contributed by atoms with Gasteiger partial charge in [0.1, 0.15) is 0 Å². The Balaban J connectivity index is 1.87. The number of nitrogens with zero attached hydrogens (tertiary/aromatic N) is 2. The van der Waals surface area contributed by atoms with E-state index in [-0.39, 0.29) is 5.92 Å². The van der Waals surface area contributed by atoms with Crippen molar-refractivity contribution < 1.29 is 4.79 Å². The molecule has 0 N–H and O–H groups in total. The molecule has 4 heteroatoms. The van der Waals surface area contributed by atoms with E-state index in [2.05, 4.69) is 48.2 Å². The lowest BCUT2D eigenvalue weighted by atomic mass is 9.98. The van der Waals surface area contributed by atoms with Crippen LogP contribution in [0.25, 0.3) is 0 Å². The summed E-state index contributed by atoms with van der Waals surface area (Å²) in [5.41, 5.74) is 2.54. The smallest absolute Gasteiger partial charge is 0.291 e. The molecule has 0 spiro atoms. The molecule has 0 aromatic rings. The van der Waals surface area contributed by atoms with Crippen molar-refractivity contribution >= 4 is 5.91 Å². The van der Waals surface area contributed by atoms with E-state index in [1.54, 1.807) is 0 Å². The highest BCUT2D eigenvalue weighted by Crippen LogP contribution is 2.21. The van der Waals surface area contributed by atoms with Crippen molar-refractivity contribution in [2.24, 2.45) is 17.0 Å². The third-order valence-corrected chi connectivity index (χ3v) is 3.37. The highest BCUT2D eigenvalue weighted by molar-refractivity contribution is 5.80. The Kier molecular flexibility index (Phi) is 3.87. The van der Waals surface area contributed by atoms with Gasteiger partial charge in [-0.3, -0.25) is 9.69 Å². The van der Waals surface area contributed by atoms with Gasteiger partial charge < -0.3 is 0 Å². The largest absolute Gasteiger partial charge is 0.297 e. The second-order valence-electron chi connectivity index (χ2n) is 5.17. The maximum atomic E-state index is 11.0. The fourth-order valence-corrected chi connectivity index (χ4v) is 2.44.